The molecule has 0 unspecified atom stereocenters. The molecule has 1 amide bonds. The molecule has 3 aromatic rings. The summed E-state index contributed by atoms with van der Waals surface area (Å²) in [6.45, 7) is 1.61. The van der Waals surface area contributed by atoms with Gasteiger partial charge in [-0.15, -0.1) is 0 Å². The third-order valence-electron chi connectivity index (χ3n) is 4.36. The van der Waals surface area contributed by atoms with Gasteiger partial charge in [-0.25, -0.2) is 21.6 Å². The lowest BCUT2D eigenvalue weighted by molar-refractivity contribution is 0.102. The zero-order valence-corrected chi connectivity index (χ0v) is 17.2. The second-order valence-electron chi connectivity index (χ2n) is 6.47. The molecule has 0 aliphatic carbocycles. The number of aryl methyl sites for hydroxylation is 1. The topological polar surface area (TPSA) is 84.5 Å². The molecule has 0 atom stereocenters. The summed E-state index contributed by atoms with van der Waals surface area (Å²) in [4.78, 5) is 11.3. The first-order chi connectivity index (χ1) is 14.6. The SMILES string of the molecule is COc1cc(NC(=O)c2ccccc2)c(C)cc1NS(=O)(=O)c1ccc(F)c(F)c1F. The molecular weight excluding hydrogens is 433 g/mol. The maximum Gasteiger partial charge on any atom is 0.265 e. The van der Waals surface area contributed by atoms with E-state index in [2.05, 4.69) is 10.0 Å². The number of carbonyl (C=O) groups excluding carboxylic acids is 1. The molecule has 162 valence electrons. The van der Waals surface area contributed by atoms with E-state index < -0.39 is 32.4 Å². The highest BCUT2D eigenvalue weighted by atomic mass is 32.2. The van der Waals surface area contributed by atoms with Crippen LogP contribution in [0.2, 0.25) is 0 Å². The second kappa shape index (κ2) is 8.68. The summed E-state index contributed by atoms with van der Waals surface area (Å²) in [5.74, 6) is -5.62. The summed E-state index contributed by atoms with van der Waals surface area (Å²) in [7, 11) is -3.34. The lowest BCUT2D eigenvalue weighted by Crippen LogP contribution is -2.17. The molecule has 0 heterocycles. The Labute approximate surface area is 176 Å². The molecule has 2 N–H and O–H groups in total. The van der Waals surface area contributed by atoms with Gasteiger partial charge in [0.1, 0.15) is 10.6 Å². The Morgan fingerprint density at radius 3 is 2.26 bits per heavy atom. The number of ether oxygens (including phenoxy) is 1. The van der Waals surface area contributed by atoms with Gasteiger partial charge in [-0.3, -0.25) is 9.52 Å². The normalized spacial score (nSPS) is 11.1. The van der Waals surface area contributed by atoms with Gasteiger partial charge in [0.25, 0.3) is 15.9 Å². The minimum atomic E-state index is -4.61. The maximum atomic E-state index is 14.0. The predicted molar refractivity (Wildman–Crippen MR) is 109 cm³/mol. The molecule has 31 heavy (non-hydrogen) atoms. The zero-order chi connectivity index (χ0) is 22.8. The number of anilines is 2. The van der Waals surface area contributed by atoms with E-state index in [1.165, 1.54) is 19.2 Å². The summed E-state index contributed by atoms with van der Waals surface area (Å²) in [5, 5.41) is 2.70. The summed E-state index contributed by atoms with van der Waals surface area (Å²) in [5.41, 5.74) is 1.16. The molecular formula is C21H17F3N2O4S. The van der Waals surface area contributed by atoms with Gasteiger partial charge in [-0.05, 0) is 42.8 Å². The lowest BCUT2D eigenvalue weighted by Gasteiger charge is -2.16. The number of sulfonamides is 1. The van der Waals surface area contributed by atoms with E-state index in [0.717, 1.165) is 0 Å². The number of carbonyl (C=O) groups is 1. The van der Waals surface area contributed by atoms with Crippen LogP contribution in [0.1, 0.15) is 15.9 Å². The molecule has 10 heteroatoms. The van der Waals surface area contributed by atoms with Gasteiger partial charge in [0.05, 0.1) is 12.8 Å². The van der Waals surface area contributed by atoms with Crippen molar-refractivity contribution in [1.82, 2.24) is 0 Å². The average molecular weight is 450 g/mol. The average Bonchev–Trinajstić information content (AvgIpc) is 2.74. The monoisotopic (exact) mass is 450 g/mol. The Kier molecular flexibility index (Phi) is 6.21. The van der Waals surface area contributed by atoms with E-state index in [1.807, 2.05) is 0 Å². The highest BCUT2D eigenvalue weighted by molar-refractivity contribution is 7.92. The largest absolute Gasteiger partial charge is 0.494 e. The molecule has 3 aromatic carbocycles. The van der Waals surface area contributed by atoms with E-state index >= 15 is 0 Å². The number of halogens is 3. The first-order valence-electron chi connectivity index (χ1n) is 8.85. The highest BCUT2D eigenvalue weighted by Gasteiger charge is 2.25. The summed E-state index contributed by atoms with van der Waals surface area (Å²) < 4.78 is 73.0. The van der Waals surface area contributed by atoms with Crippen LogP contribution in [0.4, 0.5) is 24.5 Å². The lowest BCUT2D eigenvalue weighted by atomic mass is 10.1. The fraction of sp³-hybridized carbons (Fsp3) is 0.0952. The van der Waals surface area contributed by atoms with Crippen LogP contribution in [0, 0.1) is 24.4 Å². The van der Waals surface area contributed by atoms with Crippen LogP contribution in [-0.4, -0.2) is 21.4 Å². The molecule has 0 aromatic heterocycles. The minimum absolute atomic E-state index is 0.0144. The van der Waals surface area contributed by atoms with Gasteiger partial charge in [0.2, 0.25) is 0 Å². The van der Waals surface area contributed by atoms with Crippen molar-refractivity contribution < 1.29 is 31.1 Å². The molecule has 0 aliphatic heterocycles. The number of rotatable bonds is 6. The van der Waals surface area contributed by atoms with E-state index in [1.54, 1.807) is 37.3 Å². The Balaban J connectivity index is 1.93. The van der Waals surface area contributed by atoms with E-state index in [4.69, 9.17) is 4.74 Å². The van der Waals surface area contributed by atoms with Crippen molar-refractivity contribution >= 4 is 27.3 Å². The van der Waals surface area contributed by atoms with Gasteiger partial charge in [-0.1, -0.05) is 18.2 Å². The summed E-state index contributed by atoms with van der Waals surface area (Å²) in [6.07, 6.45) is 0. The number of hydrogen-bond acceptors (Lipinski definition) is 4. The first kappa shape index (κ1) is 22.2. The molecule has 0 aliphatic rings. The van der Waals surface area contributed by atoms with Gasteiger partial charge in [0.15, 0.2) is 17.5 Å². The maximum absolute atomic E-state index is 14.0. The van der Waals surface area contributed by atoms with Crippen LogP contribution >= 0.6 is 0 Å². The number of hydrogen-bond donors (Lipinski definition) is 2. The third-order valence-corrected chi connectivity index (χ3v) is 5.75. The van der Waals surface area contributed by atoms with Crippen LogP contribution in [-0.2, 0) is 10.0 Å². The fourth-order valence-corrected chi connectivity index (χ4v) is 3.90. The summed E-state index contributed by atoms with van der Waals surface area (Å²) in [6, 6.07) is 12.3. The van der Waals surface area contributed by atoms with Gasteiger partial charge in [0, 0.05) is 17.3 Å². The van der Waals surface area contributed by atoms with E-state index in [-0.39, 0.29) is 17.3 Å². The number of benzene rings is 3. The first-order valence-corrected chi connectivity index (χ1v) is 10.3. The second-order valence-corrected chi connectivity index (χ2v) is 8.12. The number of methoxy groups -OCH3 is 1. The molecule has 0 fully saturated rings. The van der Waals surface area contributed by atoms with Gasteiger partial charge >= 0.3 is 0 Å². The molecule has 6 nitrogen and oxygen atoms in total. The highest BCUT2D eigenvalue weighted by Crippen LogP contribution is 2.33. The van der Waals surface area contributed by atoms with Crippen molar-refractivity contribution in [2.75, 3.05) is 17.1 Å². The third kappa shape index (κ3) is 4.64. The zero-order valence-electron chi connectivity index (χ0n) is 16.4. The Morgan fingerprint density at radius 2 is 1.61 bits per heavy atom. The molecule has 3 rings (SSSR count). The molecule has 0 saturated heterocycles. The van der Waals surface area contributed by atoms with Crippen LogP contribution in [0.5, 0.6) is 5.75 Å². The summed E-state index contributed by atoms with van der Waals surface area (Å²) >= 11 is 0. The van der Waals surface area contributed by atoms with Crippen molar-refractivity contribution in [1.29, 1.82) is 0 Å². The predicted octanol–water partition coefficient (Wildman–Crippen LogP) is 4.47. The van der Waals surface area contributed by atoms with E-state index in [0.29, 0.717) is 28.9 Å². The Hall–Kier alpha value is -3.53. The Morgan fingerprint density at radius 1 is 0.935 bits per heavy atom. The molecule has 0 radical (unpaired) electrons. The standard InChI is InChI=1S/C21H17F3N2O4S/c1-12-10-16(26-31(28,29)18-9-8-14(22)19(23)20(18)24)17(30-2)11-15(12)25-21(27)13-6-4-3-5-7-13/h3-11,26H,1-2H3,(H,25,27). The quantitative estimate of drug-likeness (QED) is 0.543. The van der Waals surface area contributed by atoms with Gasteiger partial charge < -0.3 is 10.1 Å². The van der Waals surface area contributed by atoms with Crippen molar-refractivity contribution in [2.45, 2.75) is 11.8 Å². The van der Waals surface area contributed by atoms with Crippen molar-refractivity contribution in [3.05, 3.63) is 83.2 Å². The molecule has 0 bridgehead atoms. The van der Waals surface area contributed by atoms with Gasteiger partial charge in [-0.2, -0.15) is 0 Å². The molecule has 0 spiro atoms. The van der Waals surface area contributed by atoms with Crippen molar-refractivity contribution in [2.24, 2.45) is 0 Å². The number of nitrogens with one attached hydrogen (secondary N) is 2. The van der Waals surface area contributed by atoms with Crippen LogP contribution in [0.25, 0.3) is 0 Å². The fourth-order valence-electron chi connectivity index (χ4n) is 2.77. The van der Waals surface area contributed by atoms with Crippen molar-refractivity contribution in [3.63, 3.8) is 0 Å². The van der Waals surface area contributed by atoms with Crippen molar-refractivity contribution in [3.8, 4) is 5.75 Å². The van der Waals surface area contributed by atoms with Crippen LogP contribution < -0.4 is 14.8 Å². The van der Waals surface area contributed by atoms with Crippen LogP contribution in [0.3, 0.4) is 0 Å². The number of amides is 1. The Bertz CT molecular complexity index is 1250. The van der Waals surface area contributed by atoms with Crippen LogP contribution in [0.15, 0.2) is 59.5 Å². The van der Waals surface area contributed by atoms with E-state index in [9.17, 15) is 26.4 Å². The minimum Gasteiger partial charge on any atom is -0.494 e. The molecule has 0 saturated carbocycles. The smallest absolute Gasteiger partial charge is 0.265 e.